The van der Waals surface area contributed by atoms with Gasteiger partial charge in [-0.25, -0.2) is 8.78 Å². The van der Waals surface area contributed by atoms with Crippen molar-refractivity contribution in [1.82, 2.24) is 4.90 Å². The van der Waals surface area contributed by atoms with Gasteiger partial charge in [-0.05, 0) is 80.4 Å². The quantitative estimate of drug-likeness (QED) is 0.746. The molecular weight excluding hydrogens is 346 g/mol. The summed E-state index contributed by atoms with van der Waals surface area (Å²) < 4.78 is 26.4. The number of fused-ring (bicyclic) bond motifs is 1. The fraction of sp³-hybridized carbons (Fsp3) is 0.409. The second kappa shape index (κ2) is 7.77. The van der Waals surface area contributed by atoms with Crippen molar-refractivity contribution in [3.05, 3.63) is 65.2 Å². The zero-order chi connectivity index (χ0) is 18.8. The van der Waals surface area contributed by atoms with Gasteiger partial charge in [-0.1, -0.05) is 0 Å². The highest BCUT2D eigenvalue weighted by Gasteiger charge is 2.26. The Balaban J connectivity index is 1.27. The highest BCUT2D eigenvalue weighted by Crippen LogP contribution is 2.28. The van der Waals surface area contributed by atoms with Crippen LogP contribution < -0.4 is 4.90 Å². The van der Waals surface area contributed by atoms with E-state index in [0.29, 0.717) is 5.56 Å². The van der Waals surface area contributed by atoms with Crippen molar-refractivity contribution >= 4 is 11.5 Å². The van der Waals surface area contributed by atoms with Crippen LogP contribution in [0, 0.1) is 17.6 Å². The third kappa shape index (κ3) is 4.03. The molecule has 0 saturated carbocycles. The SMILES string of the molecule is O=C(c1ccc(F)cc1)C1CCN(CCN2CCc3cc(F)ccc32)CC1. The summed E-state index contributed by atoms with van der Waals surface area (Å²) in [4.78, 5) is 17.3. The predicted octanol–water partition coefficient (Wildman–Crippen LogP) is 3.92. The Labute approximate surface area is 158 Å². The average Bonchev–Trinajstić information content (AvgIpc) is 3.09. The van der Waals surface area contributed by atoms with Gasteiger partial charge in [0.15, 0.2) is 5.78 Å². The monoisotopic (exact) mass is 370 g/mol. The molecule has 0 aliphatic carbocycles. The molecule has 2 aromatic rings. The molecule has 2 heterocycles. The molecule has 1 saturated heterocycles. The van der Waals surface area contributed by atoms with Crippen molar-refractivity contribution < 1.29 is 13.6 Å². The molecule has 27 heavy (non-hydrogen) atoms. The average molecular weight is 370 g/mol. The molecule has 0 amide bonds. The van der Waals surface area contributed by atoms with Crippen molar-refractivity contribution in [3.63, 3.8) is 0 Å². The maximum absolute atomic E-state index is 13.3. The van der Waals surface area contributed by atoms with Crippen molar-refractivity contribution in [2.75, 3.05) is 37.6 Å². The summed E-state index contributed by atoms with van der Waals surface area (Å²) in [6.45, 7) is 4.63. The lowest BCUT2D eigenvalue weighted by Crippen LogP contribution is -2.40. The molecule has 0 unspecified atom stereocenters. The summed E-state index contributed by atoms with van der Waals surface area (Å²) in [5.41, 5.74) is 2.85. The van der Waals surface area contributed by atoms with Crippen LogP contribution in [0.5, 0.6) is 0 Å². The number of benzene rings is 2. The maximum atomic E-state index is 13.3. The molecule has 0 N–H and O–H groups in total. The molecule has 1 fully saturated rings. The summed E-state index contributed by atoms with van der Waals surface area (Å²) >= 11 is 0. The first-order chi connectivity index (χ1) is 13.1. The molecule has 0 bridgehead atoms. The molecule has 3 nitrogen and oxygen atoms in total. The van der Waals surface area contributed by atoms with Gasteiger partial charge in [0.05, 0.1) is 0 Å². The second-order valence-electron chi connectivity index (χ2n) is 7.50. The largest absolute Gasteiger partial charge is 0.370 e. The molecule has 2 aliphatic rings. The summed E-state index contributed by atoms with van der Waals surface area (Å²) in [5.74, 6) is -0.316. The Bertz CT molecular complexity index is 814. The molecule has 0 spiro atoms. The van der Waals surface area contributed by atoms with Gasteiger partial charge in [-0.15, -0.1) is 0 Å². The van der Waals surface area contributed by atoms with Gasteiger partial charge in [0.2, 0.25) is 0 Å². The molecule has 5 heteroatoms. The highest BCUT2D eigenvalue weighted by atomic mass is 19.1. The molecule has 2 aromatic carbocycles. The van der Waals surface area contributed by atoms with E-state index in [1.807, 2.05) is 6.07 Å². The zero-order valence-electron chi connectivity index (χ0n) is 15.3. The van der Waals surface area contributed by atoms with E-state index >= 15 is 0 Å². The van der Waals surface area contributed by atoms with Gasteiger partial charge in [-0.3, -0.25) is 4.79 Å². The Morgan fingerprint density at radius 3 is 2.37 bits per heavy atom. The molecular formula is C22H24F2N2O. The number of nitrogens with zero attached hydrogens (tertiary/aromatic N) is 2. The summed E-state index contributed by atoms with van der Waals surface area (Å²) in [6.07, 6.45) is 2.59. The van der Waals surface area contributed by atoms with E-state index < -0.39 is 0 Å². The van der Waals surface area contributed by atoms with Crippen LogP contribution in [0.2, 0.25) is 0 Å². The van der Waals surface area contributed by atoms with Crippen molar-refractivity contribution in [3.8, 4) is 0 Å². The smallest absolute Gasteiger partial charge is 0.166 e. The van der Waals surface area contributed by atoms with Crippen LogP contribution in [-0.4, -0.2) is 43.4 Å². The van der Waals surface area contributed by atoms with Gasteiger partial charge in [0.1, 0.15) is 11.6 Å². The predicted molar refractivity (Wildman–Crippen MR) is 102 cm³/mol. The van der Waals surface area contributed by atoms with E-state index in [1.54, 1.807) is 18.2 Å². The van der Waals surface area contributed by atoms with Gasteiger partial charge < -0.3 is 9.80 Å². The van der Waals surface area contributed by atoms with Crippen LogP contribution in [-0.2, 0) is 6.42 Å². The number of hydrogen-bond acceptors (Lipinski definition) is 3. The molecule has 142 valence electrons. The lowest BCUT2D eigenvalue weighted by Gasteiger charge is -2.32. The minimum Gasteiger partial charge on any atom is -0.370 e. The van der Waals surface area contributed by atoms with Crippen LogP contribution in [0.4, 0.5) is 14.5 Å². The first kappa shape index (κ1) is 18.1. The van der Waals surface area contributed by atoms with Gasteiger partial charge in [0.25, 0.3) is 0 Å². The summed E-state index contributed by atoms with van der Waals surface area (Å²) in [6, 6.07) is 10.9. The number of ketones is 1. The molecule has 0 aromatic heterocycles. The molecule has 2 aliphatic heterocycles. The topological polar surface area (TPSA) is 23.6 Å². The first-order valence-corrected chi connectivity index (χ1v) is 9.65. The number of carbonyl (C=O) groups excluding carboxylic acids is 1. The second-order valence-corrected chi connectivity index (χ2v) is 7.50. The lowest BCUT2D eigenvalue weighted by atomic mass is 9.89. The number of rotatable bonds is 5. The fourth-order valence-electron chi connectivity index (χ4n) is 4.20. The Hall–Kier alpha value is -2.27. The number of piperidine rings is 1. The van der Waals surface area contributed by atoms with E-state index in [4.69, 9.17) is 0 Å². The third-order valence-electron chi connectivity index (χ3n) is 5.81. The normalized spacial score (nSPS) is 17.9. The Morgan fingerprint density at radius 1 is 0.926 bits per heavy atom. The number of halogens is 2. The van der Waals surface area contributed by atoms with E-state index in [1.165, 1.54) is 18.2 Å². The van der Waals surface area contributed by atoms with E-state index in [0.717, 1.165) is 63.2 Å². The molecule has 0 atom stereocenters. The van der Waals surface area contributed by atoms with Gasteiger partial charge >= 0.3 is 0 Å². The molecule has 4 rings (SSSR count). The summed E-state index contributed by atoms with van der Waals surface area (Å²) in [7, 11) is 0. The Morgan fingerprint density at radius 2 is 1.63 bits per heavy atom. The van der Waals surface area contributed by atoms with E-state index in [-0.39, 0.29) is 23.3 Å². The standard InChI is InChI=1S/C22H24F2N2O/c23-19-3-1-16(2-4-19)22(27)17-7-10-25(11-8-17)13-14-26-12-9-18-15-20(24)5-6-21(18)26/h1-6,15,17H,7-14H2. The van der Waals surface area contributed by atoms with Crippen molar-refractivity contribution in [1.29, 1.82) is 0 Å². The number of hydrogen-bond donors (Lipinski definition) is 0. The van der Waals surface area contributed by atoms with Crippen LogP contribution in [0.15, 0.2) is 42.5 Å². The highest BCUT2D eigenvalue weighted by molar-refractivity contribution is 5.97. The zero-order valence-corrected chi connectivity index (χ0v) is 15.3. The van der Waals surface area contributed by atoms with Crippen LogP contribution in [0.1, 0.15) is 28.8 Å². The lowest BCUT2D eigenvalue weighted by molar-refractivity contribution is 0.0842. The van der Waals surface area contributed by atoms with E-state index in [2.05, 4.69) is 9.80 Å². The fourth-order valence-corrected chi connectivity index (χ4v) is 4.20. The van der Waals surface area contributed by atoms with Gasteiger partial charge in [0, 0.05) is 36.8 Å². The third-order valence-corrected chi connectivity index (χ3v) is 5.81. The van der Waals surface area contributed by atoms with Crippen molar-refractivity contribution in [2.45, 2.75) is 19.3 Å². The minimum atomic E-state index is -0.312. The van der Waals surface area contributed by atoms with Crippen LogP contribution in [0.25, 0.3) is 0 Å². The number of likely N-dealkylation sites (tertiary alicyclic amines) is 1. The van der Waals surface area contributed by atoms with Crippen molar-refractivity contribution in [2.24, 2.45) is 5.92 Å². The minimum absolute atomic E-state index is 0.0298. The van der Waals surface area contributed by atoms with Gasteiger partial charge in [-0.2, -0.15) is 0 Å². The molecule has 0 radical (unpaired) electrons. The summed E-state index contributed by atoms with van der Waals surface area (Å²) in [5, 5.41) is 0. The van der Waals surface area contributed by atoms with Crippen LogP contribution in [0.3, 0.4) is 0 Å². The number of anilines is 1. The van der Waals surface area contributed by atoms with Crippen LogP contribution >= 0.6 is 0 Å². The Kier molecular flexibility index (Phi) is 5.21. The maximum Gasteiger partial charge on any atom is 0.166 e. The first-order valence-electron chi connectivity index (χ1n) is 9.65. The van der Waals surface area contributed by atoms with E-state index in [9.17, 15) is 13.6 Å². The number of Topliss-reactive ketones (excluding diaryl/α,β-unsaturated/α-hetero) is 1. The number of carbonyl (C=O) groups is 1.